The lowest BCUT2D eigenvalue weighted by Crippen LogP contribution is -2.42. The van der Waals surface area contributed by atoms with Gasteiger partial charge in [-0.15, -0.1) is 0 Å². The number of nitrogens with one attached hydrogen (secondary N) is 2. The van der Waals surface area contributed by atoms with Crippen LogP contribution in [0.3, 0.4) is 0 Å². The van der Waals surface area contributed by atoms with Crippen LogP contribution in [0.1, 0.15) is 30.4 Å². The second kappa shape index (κ2) is 15.7. The quantitative estimate of drug-likeness (QED) is 0.268. The average Bonchev–Trinajstić information content (AvgIpc) is 3.22. The van der Waals surface area contributed by atoms with Gasteiger partial charge in [-0.2, -0.15) is 0 Å². The van der Waals surface area contributed by atoms with E-state index in [1.165, 1.54) is 16.0 Å². The van der Waals surface area contributed by atoms with E-state index < -0.39 is 12.1 Å². The molecule has 1 aliphatic carbocycles. The Balaban J connectivity index is 1.31. The molecule has 2 aromatic carbocycles. The van der Waals surface area contributed by atoms with Crippen molar-refractivity contribution in [2.24, 2.45) is 0 Å². The summed E-state index contributed by atoms with van der Waals surface area (Å²) < 4.78 is 16.3. The van der Waals surface area contributed by atoms with Gasteiger partial charge in [0.05, 0.1) is 32.9 Å². The third-order valence-electron chi connectivity index (χ3n) is 6.05. The fourth-order valence-corrected chi connectivity index (χ4v) is 4.34. The normalized spacial score (nSPS) is 12.2. The summed E-state index contributed by atoms with van der Waals surface area (Å²) in [4.78, 5) is 36.9. The lowest BCUT2D eigenvalue weighted by atomic mass is 9.98. The van der Waals surface area contributed by atoms with Gasteiger partial charge in [0, 0.05) is 32.2 Å². The van der Waals surface area contributed by atoms with Crippen molar-refractivity contribution in [3.05, 3.63) is 59.7 Å². The van der Waals surface area contributed by atoms with E-state index in [1.807, 2.05) is 31.2 Å². The molecule has 10 nitrogen and oxygen atoms in total. The molecule has 0 saturated heterocycles. The van der Waals surface area contributed by atoms with Gasteiger partial charge in [0.15, 0.2) is 0 Å². The molecule has 0 heterocycles. The van der Waals surface area contributed by atoms with Crippen LogP contribution in [-0.4, -0.2) is 93.7 Å². The summed E-state index contributed by atoms with van der Waals surface area (Å²) in [6.07, 6.45) is 0.379. The second-order valence-electron chi connectivity index (χ2n) is 8.93. The molecule has 206 valence electrons. The number of carboxylic acids is 1. The molecular formula is C28H37N3O7. The fourth-order valence-electron chi connectivity index (χ4n) is 4.34. The molecule has 0 spiro atoms. The Morgan fingerprint density at radius 2 is 1.45 bits per heavy atom. The predicted octanol–water partition coefficient (Wildman–Crippen LogP) is 2.47. The van der Waals surface area contributed by atoms with Crippen LogP contribution in [0, 0.1) is 0 Å². The molecule has 0 saturated carbocycles. The number of carboxylic acid groups (broad SMARTS) is 1. The number of benzene rings is 2. The van der Waals surface area contributed by atoms with Crippen LogP contribution < -0.4 is 10.6 Å². The van der Waals surface area contributed by atoms with Crippen LogP contribution in [0.5, 0.6) is 0 Å². The smallest absolute Gasteiger partial charge is 0.407 e. The maximum Gasteiger partial charge on any atom is 0.407 e. The van der Waals surface area contributed by atoms with Gasteiger partial charge in [0.2, 0.25) is 5.91 Å². The van der Waals surface area contributed by atoms with Gasteiger partial charge in [0.25, 0.3) is 0 Å². The minimum atomic E-state index is -1.03. The van der Waals surface area contributed by atoms with Crippen LogP contribution in [0.15, 0.2) is 48.5 Å². The first kappa shape index (κ1) is 29.1. The lowest BCUT2D eigenvalue weighted by Gasteiger charge is -2.19. The van der Waals surface area contributed by atoms with Gasteiger partial charge < -0.3 is 30.0 Å². The third-order valence-corrected chi connectivity index (χ3v) is 6.05. The largest absolute Gasteiger partial charge is 0.480 e. The summed E-state index contributed by atoms with van der Waals surface area (Å²) in [6, 6.07) is 16.3. The number of carbonyl (C=O) groups excluding carboxylic acids is 2. The highest BCUT2D eigenvalue weighted by Crippen LogP contribution is 2.44. The molecule has 3 N–H and O–H groups in total. The number of carbonyl (C=O) groups is 3. The van der Waals surface area contributed by atoms with E-state index in [-0.39, 0.29) is 57.8 Å². The molecule has 0 unspecified atom stereocenters. The summed E-state index contributed by atoms with van der Waals surface area (Å²) in [5.74, 6) is -1.31. The van der Waals surface area contributed by atoms with E-state index in [0.29, 0.717) is 19.8 Å². The average molecular weight is 528 g/mol. The topological polar surface area (TPSA) is 126 Å². The minimum Gasteiger partial charge on any atom is -0.480 e. The van der Waals surface area contributed by atoms with E-state index >= 15 is 0 Å². The van der Waals surface area contributed by atoms with Crippen molar-refractivity contribution in [3.63, 3.8) is 0 Å². The van der Waals surface area contributed by atoms with Crippen molar-refractivity contribution in [1.29, 1.82) is 0 Å². The summed E-state index contributed by atoms with van der Waals surface area (Å²) in [6.45, 7) is 4.27. The highest BCUT2D eigenvalue weighted by molar-refractivity contribution is 5.79. The number of hydrogen-bond acceptors (Lipinski definition) is 7. The SMILES string of the molecule is CCCOCCNC(=O)CN(CCOCCNC(=O)OCC1c2ccccc2-c2ccccc21)CC(=O)O. The standard InChI is InChI=1S/C28H37N3O7/c1-2-14-36-15-11-29-26(32)18-31(19-27(33)34)13-17-37-16-12-30-28(35)38-20-25-23-9-5-3-7-21(23)22-8-4-6-10-24(22)25/h3-10,25H,2,11-20H2,1H3,(H,29,32)(H,30,35)(H,33,34). The molecule has 0 atom stereocenters. The third kappa shape index (κ3) is 9.13. The molecular weight excluding hydrogens is 490 g/mol. The number of fused-ring (bicyclic) bond motifs is 3. The zero-order valence-electron chi connectivity index (χ0n) is 21.8. The Labute approximate surface area is 223 Å². The van der Waals surface area contributed by atoms with Gasteiger partial charge in [0.1, 0.15) is 6.61 Å². The minimum absolute atomic E-state index is 0.00862. The molecule has 0 aliphatic heterocycles. The molecule has 0 bridgehead atoms. The number of hydrogen-bond donors (Lipinski definition) is 3. The Bertz CT molecular complexity index is 1020. The molecule has 2 amide bonds. The summed E-state index contributed by atoms with van der Waals surface area (Å²) in [7, 11) is 0. The van der Waals surface area contributed by atoms with Crippen LogP contribution in [0.4, 0.5) is 4.79 Å². The zero-order chi connectivity index (χ0) is 27.2. The van der Waals surface area contributed by atoms with Gasteiger partial charge in [-0.05, 0) is 28.7 Å². The molecule has 0 fully saturated rings. The summed E-state index contributed by atoms with van der Waals surface area (Å²) in [5, 5.41) is 14.5. The van der Waals surface area contributed by atoms with E-state index in [0.717, 1.165) is 17.5 Å². The Morgan fingerprint density at radius 3 is 2.08 bits per heavy atom. The van der Waals surface area contributed by atoms with Crippen molar-refractivity contribution in [1.82, 2.24) is 15.5 Å². The predicted molar refractivity (Wildman–Crippen MR) is 142 cm³/mol. The van der Waals surface area contributed by atoms with Crippen molar-refractivity contribution in [2.45, 2.75) is 19.3 Å². The number of nitrogens with zero attached hydrogens (tertiary/aromatic N) is 1. The van der Waals surface area contributed by atoms with Crippen molar-refractivity contribution in [2.75, 3.05) is 65.8 Å². The molecule has 0 radical (unpaired) electrons. The molecule has 2 aromatic rings. The van der Waals surface area contributed by atoms with Gasteiger partial charge in [-0.3, -0.25) is 14.5 Å². The maximum atomic E-state index is 12.2. The van der Waals surface area contributed by atoms with Crippen LogP contribution >= 0.6 is 0 Å². The number of amides is 2. The zero-order valence-corrected chi connectivity index (χ0v) is 21.8. The Morgan fingerprint density at radius 1 is 0.842 bits per heavy atom. The van der Waals surface area contributed by atoms with E-state index in [1.54, 1.807) is 0 Å². The molecule has 10 heteroatoms. The van der Waals surface area contributed by atoms with Crippen molar-refractivity contribution < 1.29 is 33.7 Å². The number of aliphatic carboxylic acids is 1. The number of alkyl carbamates (subject to hydrolysis) is 1. The van der Waals surface area contributed by atoms with E-state index in [2.05, 4.69) is 34.9 Å². The van der Waals surface area contributed by atoms with E-state index in [4.69, 9.17) is 19.3 Å². The molecule has 1 aliphatic rings. The second-order valence-corrected chi connectivity index (χ2v) is 8.93. The van der Waals surface area contributed by atoms with Crippen molar-refractivity contribution >= 4 is 18.0 Å². The van der Waals surface area contributed by atoms with Gasteiger partial charge in [-0.1, -0.05) is 55.5 Å². The fraction of sp³-hybridized carbons (Fsp3) is 0.464. The van der Waals surface area contributed by atoms with Crippen LogP contribution in [0.25, 0.3) is 11.1 Å². The first-order valence-electron chi connectivity index (χ1n) is 12.9. The monoisotopic (exact) mass is 527 g/mol. The molecule has 38 heavy (non-hydrogen) atoms. The maximum absolute atomic E-state index is 12.2. The highest BCUT2D eigenvalue weighted by atomic mass is 16.5. The Kier molecular flexibility index (Phi) is 12.0. The van der Waals surface area contributed by atoms with Crippen LogP contribution in [-0.2, 0) is 23.8 Å². The summed E-state index contributed by atoms with van der Waals surface area (Å²) in [5.41, 5.74) is 4.63. The lowest BCUT2D eigenvalue weighted by molar-refractivity contribution is -0.138. The number of ether oxygens (including phenoxy) is 3. The van der Waals surface area contributed by atoms with Gasteiger partial charge >= 0.3 is 12.1 Å². The van der Waals surface area contributed by atoms with E-state index in [9.17, 15) is 14.4 Å². The van der Waals surface area contributed by atoms with Crippen LogP contribution in [0.2, 0.25) is 0 Å². The summed E-state index contributed by atoms with van der Waals surface area (Å²) >= 11 is 0. The highest BCUT2D eigenvalue weighted by Gasteiger charge is 2.28. The first-order chi connectivity index (χ1) is 18.5. The van der Waals surface area contributed by atoms with Gasteiger partial charge in [-0.25, -0.2) is 4.79 Å². The molecule has 3 rings (SSSR count). The first-order valence-corrected chi connectivity index (χ1v) is 12.9. The van der Waals surface area contributed by atoms with Crippen molar-refractivity contribution in [3.8, 4) is 11.1 Å². The number of rotatable bonds is 17. The Hall–Kier alpha value is -3.47. The molecule has 0 aromatic heterocycles.